The number of phenols is 1. The summed E-state index contributed by atoms with van der Waals surface area (Å²) in [5.74, 6) is -0.601. The van der Waals surface area contributed by atoms with Gasteiger partial charge in [0.25, 0.3) is 11.8 Å². The topological polar surface area (TPSA) is 90.8 Å². The number of rotatable bonds is 5. The molecule has 0 spiro atoms. The SMILES string of the molecule is O=C(CNC(=O)c1cccc2ccccc12)N/N=C\c1ccc(O)cc1. The van der Waals surface area contributed by atoms with Gasteiger partial charge < -0.3 is 10.4 Å². The van der Waals surface area contributed by atoms with E-state index in [-0.39, 0.29) is 18.2 Å². The molecule has 2 amide bonds. The van der Waals surface area contributed by atoms with Crippen LogP contribution in [0.4, 0.5) is 0 Å². The van der Waals surface area contributed by atoms with Gasteiger partial charge in [-0.25, -0.2) is 5.43 Å². The fourth-order valence-corrected chi connectivity index (χ4v) is 2.46. The van der Waals surface area contributed by atoms with Crippen molar-refractivity contribution in [2.75, 3.05) is 6.54 Å². The third-order valence-electron chi connectivity index (χ3n) is 3.74. The smallest absolute Gasteiger partial charge is 0.259 e. The fraction of sp³-hybridized carbons (Fsp3) is 0.0500. The summed E-state index contributed by atoms with van der Waals surface area (Å²) in [6, 6.07) is 19.4. The minimum Gasteiger partial charge on any atom is -0.508 e. The normalized spacial score (nSPS) is 10.8. The number of hydrogen-bond acceptors (Lipinski definition) is 4. The molecule has 0 saturated heterocycles. The first kappa shape index (κ1) is 17.2. The summed E-state index contributed by atoms with van der Waals surface area (Å²) in [4.78, 5) is 24.1. The zero-order valence-electron chi connectivity index (χ0n) is 13.8. The summed E-state index contributed by atoms with van der Waals surface area (Å²) >= 11 is 0. The third-order valence-corrected chi connectivity index (χ3v) is 3.74. The van der Waals surface area contributed by atoms with Crippen molar-refractivity contribution in [2.24, 2.45) is 5.10 Å². The van der Waals surface area contributed by atoms with Gasteiger partial charge in [0.1, 0.15) is 5.75 Å². The van der Waals surface area contributed by atoms with Crippen molar-refractivity contribution < 1.29 is 14.7 Å². The number of aromatic hydroxyl groups is 1. The lowest BCUT2D eigenvalue weighted by Gasteiger charge is -2.07. The number of nitrogens with zero attached hydrogens (tertiary/aromatic N) is 1. The quantitative estimate of drug-likeness (QED) is 0.489. The molecule has 6 heteroatoms. The van der Waals surface area contributed by atoms with E-state index in [1.165, 1.54) is 18.3 Å². The van der Waals surface area contributed by atoms with Crippen LogP contribution in [0.1, 0.15) is 15.9 Å². The Bertz CT molecular complexity index is 960. The Morgan fingerprint density at radius 2 is 1.69 bits per heavy atom. The summed E-state index contributed by atoms with van der Waals surface area (Å²) in [6.45, 7) is -0.186. The van der Waals surface area contributed by atoms with Gasteiger partial charge in [0, 0.05) is 5.56 Å². The van der Waals surface area contributed by atoms with Crippen molar-refractivity contribution >= 4 is 28.8 Å². The Kier molecular flexibility index (Phi) is 5.24. The molecule has 3 aromatic carbocycles. The standard InChI is InChI=1S/C20H17N3O3/c24-16-10-8-14(9-11-16)12-22-23-19(25)13-21-20(26)18-7-3-5-15-4-1-2-6-17(15)18/h1-12,24H,13H2,(H,21,26)(H,23,25)/b22-12-. The van der Waals surface area contributed by atoms with Gasteiger partial charge in [0.2, 0.25) is 0 Å². The van der Waals surface area contributed by atoms with Crippen LogP contribution < -0.4 is 10.7 Å². The number of benzene rings is 3. The highest BCUT2D eigenvalue weighted by molar-refractivity contribution is 6.07. The number of hydrazone groups is 1. The molecule has 0 unspecified atom stereocenters. The minimum atomic E-state index is -0.436. The van der Waals surface area contributed by atoms with Crippen LogP contribution in [0.5, 0.6) is 5.75 Å². The molecule has 0 aliphatic heterocycles. The van der Waals surface area contributed by atoms with Crippen LogP contribution >= 0.6 is 0 Å². The van der Waals surface area contributed by atoms with E-state index in [0.29, 0.717) is 5.56 Å². The number of nitrogens with one attached hydrogen (secondary N) is 2. The first-order chi connectivity index (χ1) is 12.6. The number of amides is 2. The van der Waals surface area contributed by atoms with Gasteiger partial charge >= 0.3 is 0 Å². The molecule has 130 valence electrons. The molecule has 6 nitrogen and oxygen atoms in total. The molecule has 0 saturated carbocycles. The highest BCUT2D eigenvalue weighted by atomic mass is 16.3. The average Bonchev–Trinajstić information content (AvgIpc) is 2.67. The molecule has 0 aliphatic carbocycles. The Balaban J connectivity index is 1.55. The molecular weight excluding hydrogens is 330 g/mol. The van der Waals surface area contributed by atoms with Crippen LogP contribution in [0.25, 0.3) is 10.8 Å². The zero-order chi connectivity index (χ0) is 18.4. The predicted octanol–water partition coefficient (Wildman–Crippen LogP) is 2.43. The van der Waals surface area contributed by atoms with Crippen LogP contribution in [0, 0.1) is 0 Å². The first-order valence-corrected chi connectivity index (χ1v) is 8.00. The maximum absolute atomic E-state index is 12.3. The van der Waals surface area contributed by atoms with Gasteiger partial charge in [-0.2, -0.15) is 5.10 Å². The van der Waals surface area contributed by atoms with Crippen molar-refractivity contribution in [3.63, 3.8) is 0 Å². The number of carbonyl (C=O) groups is 2. The second-order valence-corrected chi connectivity index (χ2v) is 5.59. The van der Waals surface area contributed by atoms with Crippen LogP contribution in [-0.4, -0.2) is 29.7 Å². The Hall–Kier alpha value is -3.67. The van der Waals surface area contributed by atoms with E-state index in [1.807, 2.05) is 30.3 Å². The van der Waals surface area contributed by atoms with Gasteiger partial charge in [-0.15, -0.1) is 0 Å². The molecule has 0 fully saturated rings. The van der Waals surface area contributed by atoms with Crippen LogP contribution in [-0.2, 0) is 4.79 Å². The third kappa shape index (κ3) is 4.24. The summed E-state index contributed by atoms with van der Waals surface area (Å²) in [7, 11) is 0. The number of hydrogen-bond donors (Lipinski definition) is 3. The minimum absolute atomic E-state index is 0.155. The lowest BCUT2D eigenvalue weighted by Crippen LogP contribution is -2.35. The molecule has 3 rings (SSSR count). The largest absolute Gasteiger partial charge is 0.508 e. The van der Waals surface area contributed by atoms with E-state index in [4.69, 9.17) is 0 Å². The molecule has 0 aromatic heterocycles. The molecule has 0 heterocycles. The maximum atomic E-state index is 12.3. The van der Waals surface area contributed by atoms with Gasteiger partial charge in [-0.3, -0.25) is 9.59 Å². The Morgan fingerprint density at radius 1 is 0.962 bits per heavy atom. The van der Waals surface area contributed by atoms with E-state index in [9.17, 15) is 14.7 Å². The van der Waals surface area contributed by atoms with Crippen LogP contribution in [0.15, 0.2) is 71.8 Å². The molecule has 3 N–H and O–H groups in total. The fourth-order valence-electron chi connectivity index (χ4n) is 2.46. The van der Waals surface area contributed by atoms with Crippen molar-refractivity contribution in [3.05, 3.63) is 77.9 Å². The molecule has 0 aliphatic rings. The van der Waals surface area contributed by atoms with Gasteiger partial charge in [0.15, 0.2) is 0 Å². The summed E-state index contributed by atoms with van der Waals surface area (Å²) < 4.78 is 0. The lowest BCUT2D eigenvalue weighted by molar-refractivity contribution is -0.120. The van der Waals surface area contributed by atoms with Crippen molar-refractivity contribution in [1.82, 2.24) is 10.7 Å². The number of fused-ring (bicyclic) bond motifs is 1. The van der Waals surface area contributed by atoms with Crippen molar-refractivity contribution in [2.45, 2.75) is 0 Å². The molecule has 3 aromatic rings. The highest BCUT2D eigenvalue weighted by Gasteiger charge is 2.10. The molecule has 0 radical (unpaired) electrons. The summed E-state index contributed by atoms with van der Waals surface area (Å²) in [6.07, 6.45) is 1.45. The second kappa shape index (κ2) is 7.94. The summed E-state index contributed by atoms with van der Waals surface area (Å²) in [5, 5.41) is 17.4. The highest BCUT2D eigenvalue weighted by Crippen LogP contribution is 2.18. The van der Waals surface area contributed by atoms with E-state index in [1.54, 1.807) is 24.3 Å². The zero-order valence-corrected chi connectivity index (χ0v) is 13.8. The Morgan fingerprint density at radius 3 is 2.50 bits per heavy atom. The maximum Gasteiger partial charge on any atom is 0.259 e. The predicted molar refractivity (Wildman–Crippen MR) is 100 cm³/mol. The lowest BCUT2D eigenvalue weighted by atomic mass is 10.0. The van der Waals surface area contributed by atoms with Gasteiger partial charge in [0.05, 0.1) is 12.8 Å². The van der Waals surface area contributed by atoms with Gasteiger partial charge in [-0.1, -0.05) is 36.4 Å². The molecular formula is C20H17N3O3. The Labute approximate surface area is 150 Å². The van der Waals surface area contributed by atoms with Crippen molar-refractivity contribution in [1.29, 1.82) is 0 Å². The summed E-state index contributed by atoms with van der Waals surface area (Å²) in [5.41, 5.74) is 3.59. The van der Waals surface area contributed by atoms with Crippen LogP contribution in [0.3, 0.4) is 0 Å². The van der Waals surface area contributed by atoms with E-state index in [0.717, 1.165) is 16.3 Å². The number of phenolic OH excluding ortho intramolecular Hbond substituents is 1. The van der Waals surface area contributed by atoms with E-state index >= 15 is 0 Å². The van der Waals surface area contributed by atoms with E-state index in [2.05, 4.69) is 15.8 Å². The molecule has 26 heavy (non-hydrogen) atoms. The number of carbonyl (C=O) groups excluding carboxylic acids is 2. The van der Waals surface area contributed by atoms with Gasteiger partial charge in [-0.05, 0) is 46.7 Å². The van der Waals surface area contributed by atoms with Crippen molar-refractivity contribution in [3.8, 4) is 5.75 Å². The van der Waals surface area contributed by atoms with Crippen LogP contribution in [0.2, 0.25) is 0 Å². The van der Waals surface area contributed by atoms with E-state index < -0.39 is 5.91 Å². The first-order valence-electron chi connectivity index (χ1n) is 8.00. The second-order valence-electron chi connectivity index (χ2n) is 5.59. The molecule has 0 atom stereocenters. The average molecular weight is 347 g/mol. The molecule has 0 bridgehead atoms. The monoisotopic (exact) mass is 347 g/mol.